The van der Waals surface area contributed by atoms with Crippen molar-refractivity contribution in [1.29, 1.82) is 0 Å². The lowest BCUT2D eigenvalue weighted by molar-refractivity contribution is 0.480. The Morgan fingerprint density at radius 2 is 1.89 bits per heavy atom. The van der Waals surface area contributed by atoms with Crippen molar-refractivity contribution in [3.63, 3.8) is 0 Å². The molecule has 0 bridgehead atoms. The first-order chi connectivity index (χ1) is 8.56. The second-order valence-electron chi connectivity index (χ2n) is 5.57. The summed E-state index contributed by atoms with van der Waals surface area (Å²) in [5.74, 6) is 2.98. The molecule has 3 nitrogen and oxygen atoms in total. The molecule has 1 fully saturated rings. The van der Waals surface area contributed by atoms with Gasteiger partial charge in [-0.3, -0.25) is 0 Å². The first-order valence-electron chi connectivity index (χ1n) is 6.87. The van der Waals surface area contributed by atoms with Crippen LogP contribution >= 0.6 is 15.9 Å². The van der Waals surface area contributed by atoms with E-state index in [1.165, 1.54) is 25.7 Å². The number of nitrogens with zero attached hydrogens (tertiary/aromatic N) is 2. The zero-order valence-electron chi connectivity index (χ0n) is 11.4. The lowest BCUT2D eigenvalue weighted by Crippen LogP contribution is -2.24. The van der Waals surface area contributed by atoms with Gasteiger partial charge in [-0.25, -0.2) is 9.97 Å². The second-order valence-corrected chi connectivity index (χ2v) is 6.38. The number of aromatic nitrogens is 2. The van der Waals surface area contributed by atoms with Crippen molar-refractivity contribution in [3.05, 3.63) is 16.5 Å². The highest BCUT2D eigenvalue weighted by atomic mass is 79.9. The van der Waals surface area contributed by atoms with E-state index < -0.39 is 0 Å². The molecule has 1 atom stereocenters. The molecular formula is C14H22BrN3. The summed E-state index contributed by atoms with van der Waals surface area (Å²) in [6, 6.07) is 2.46. The smallest absolute Gasteiger partial charge is 0.134 e. The van der Waals surface area contributed by atoms with Crippen molar-refractivity contribution in [2.45, 2.75) is 58.4 Å². The van der Waals surface area contributed by atoms with Gasteiger partial charge in [0, 0.05) is 18.0 Å². The predicted molar refractivity (Wildman–Crippen MR) is 78.9 cm³/mol. The molecule has 0 aliphatic heterocycles. The van der Waals surface area contributed by atoms with E-state index in [0.29, 0.717) is 12.0 Å². The van der Waals surface area contributed by atoms with Crippen LogP contribution in [0.3, 0.4) is 0 Å². The Bertz CT molecular complexity index is 400. The van der Waals surface area contributed by atoms with Crippen LogP contribution in [0.5, 0.6) is 0 Å². The molecule has 0 aromatic carbocycles. The van der Waals surface area contributed by atoms with Gasteiger partial charge in [-0.05, 0) is 41.6 Å². The molecule has 1 aliphatic carbocycles. The molecule has 1 unspecified atom stereocenters. The third-order valence-corrected chi connectivity index (χ3v) is 4.12. The molecule has 1 aromatic rings. The van der Waals surface area contributed by atoms with E-state index in [2.05, 4.69) is 52.0 Å². The summed E-state index contributed by atoms with van der Waals surface area (Å²) in [6.07, 6.45) is 5.44. The van der Waals surface area contributed by atoms with Gasteiger partial charge in [0.05, 0.1) is 0 Å². The molecular weight excluding hydrogens is 290 g/mol. The van der Waals surface area contributed by atoms with Crippen LogP contribution in [0.2, 0.25) is 0 Å². The topological polar surface area (TPSA) is 37.8 Å². The van der Waals surface area contributed by atoms with Crippen LogP contribution in [0.25, 0.3) is 0 Å². The minimum absolute atomic E-state index is 0.352. The lowest BCUT2D eigenvalue weighted by atomic mass is 10.00. The van der Waals surface area contributed by atoms with Crippen LogP contribution in [0.15, 0.2) is 10.7 Å². The van der Waals surface area contributed by atoms with Gasteiger partial charge >= 0.3 is 0 Å². The summed E-state index contributed by atoms with van der Waals surface area (Å²) in [5, 5.41) is 3.54. The van der Waals surface area contributed by atoms with Crippen molar-refractivity contribution >= 4 is 21.7 Å². The third kappa shape index (κ3) is 3.44. The minimum Gasteiger partial charge on any atom is -0.367 e. The number of halogens is 1. The highest BCUT2D eigenvalue weighted by Gasteiger charge is 2.21. The molecule has 1 saturated carbocycles. The van der Waals surface area contributed by atoms with Gasteiger partial charge in [-0.2, -0.15) is 0 Å². The summed E-state index contributed by atoms with van der Waals surface area (Å²) >= 11 is 3.46. The summed E-state index contributed by atoms with van der Waals surface area (Å²) in [5.41, 5.74) is 0. The van der Waals surface area contributed by atoms with Gasteiger partial charge < -0.3 is 5.32 Å². The fourth-order valence-corrected chi connectivity index (χ4v) is 2.97. The van der Waals surface area contributed by atoms with E-state index in [0.717, 1.165) is 22.2 Å². The van der Waals surface area contributed by atoms with Gasteiger partial charge in [-0.15, -0.1) is 0 Å². The van der Waals surface area contributed by atoms with Crippen LogP contribution in [-0.2, 0) is 0 Å². The maximum Gasteiger partial charge on any atom is 0.134 e. The lowest BCUT2D eigenvalue weighted by Gasteiger charge is -2.21. The molecule has 4 heteroatoms. The van der Waals surface area contributed by atoms with E-state index >= 15 is 0 Å². The predicted octanol–water partition coefficient (Wildman–Crippen LogP) is 4.35. The average Bonchev–Trinajstić information content (AvgIpc) is 2.81. The van der Waals surface area contributed by atoms with Gasteiger partial charge in [0.25, 0.3) is 0 Å². The SMILES string of the molecule is CC(C)c1nc(Br)cc(NC(C)C2CCCC2)n1. The zero-order chi connectivity index (χ0) is 13.1. The number of rotatable bonds is 4. The van der Waals surface area contributed by atoms with Crippen LogP contribution in [-0.4, -0.2) is 16.0 Å². The zero-order valence-corrected chi connectivity index (χ0v) is 13.0. The van der Waals surface area contributed by atoms with Crippen LogP contribution in [0, 0.1) is 5.92 Å². The summed E-state index contributed by atoms with van der Waals surface area (Å²) < 4.78 is 0.863. The fourth-order valence-electron chi connectivity index (χ4n) is 2.58. The standard InChI is InChI=1S/C14H22BrN3/c1-9(2)14-17-12(15)8-13(18-14)16-10(3)11-6-4-5-7-11/h8-11H,4-7H2,1-3H3,(H,16,17,18). The first kappa shape index (κ1) is 13.8. The largest absolute Gasteiger partial charge is 0.367 e. The first-order valence-corrected chi connectivity index (χ1v) is 7.66. The fraction of sp³-hybridized carbons (Fsp3) is 0.714. The van der Waals surface area contributed by atoms with Crippen molar-refractivity contribution < 1.29 is 0 Å². The van der Waals surface area contributed by atoms with Crippen molar-refractivity contribution in [2.75, 3.05) is 5.32 Å². The monoisotopic (exact) mass is 311 g/mol. The van der Waals surface area contributed by atoms with Crippen LogP contribution in [0.1, 0.15) is 58.2 Å². The van der Waals surface area contributed by atoms with Crippen molar-refractivity contribution in [1.82, 2.24) is 9.97 Å². The molecule has 2 rings (SSSR count). The number of hydrogen-bond acceptors (Lipinski definition) is 3. The molecule has 1 aliphatic rings. The Hall–Kier alpha value is -0.640. The van der Waals surface area contributed by atoms with Crippen molar-refractivity contribution in [3.8, 4) is 0 Å². The van der Waals surface area contributed by atoms with Crippen molar-refractivity contribution in [2.24, 2.45) is 5.92 Å². The molecule has 1 heterocycles. The van der Waals surface area contributed by atoms with E-state index in [-0.39, 0.29) is 0 Å². The maximum atomic E-state index is 4.59. The van der Waals surface area contributed by atoms with E-state index in [4.69, 9.17) is 0 Å². The number of hydrogen-bond donors (Lipinski definition) is 1. The Kier molecular flexibility index (Phi) is 4.60. The Balaban J connectivity index is 2.08. The third-order valence-electron chi connectivity index (χ3n) is 3.71. The molecule has 0 radical (unpaired) electrons. The number of nitrogens with one attached hydrogen (secondary N) is 1. The van der Waals surface area contributed by atoms with E-state index in [1.54, 1.807) is 0 Å². The van der Waals surface area contributed by atoms with Gasteiger partial charge in [0.15, 0.2) is 0 Å². The molecule has 18 heavy (non-hydrogen) atoms. The number of anilines is 1. The second kappa shape index (κ2) is 6.00. The molecule has 100 valence electrons. The Morgan fingerprint density at radius 1 is 1.22 bits per heavy atom. The quantitative estimate of drug-likeness (QED) is 0.840. The summed E-state index contributed by atoms with van der Waals surface area (Å²) in [6.45, 7) is 6.50. The van der Waals surface area contributed by atoms with Crippen LogP contribution < -0.4 is 5.32 Å². The normalized spacial score (nSPS) is 18.3. The minimum atomic E-state index is 0.352. The van der Waals surface area contributed by atoms with E-state index in [1.807, 2.05) is 6.07 Å². The van der Waals surface area contributed by atoms with Gasteiger partial charge in [0.1, 0.15) is 16.2 Å². The average molecular weight is 312 g/mol. The molecule has 0 amide bonds. The summed E-state index contributed by atoms with van der Waals surface area (Å²) in [7, 11) is 0. The Morgan fingerprint density at radius 3 is 2.50 bits per heavy atom. The highest BCUT2D eigenvalue weighted by molar-refractivity contribution is 9.10. The maximum absolute atomic E-state index is 4.59. The molecule has 0 saturated heterocycles. The van der Waals surface area contributed by atoms with Gasteiger partial charge in [-0.1, -0.05) is 26.7 Å². The summed E-state index contributed by atoms with van der Waals surface area (Å²) in [4.78, 5) is 9.00. The van der Waals surface area contributed by atoms with E-state index in [9.17, 15) is 0 Å². The van der Waals surface area contributed by atoms with Gasteiger partial charge in [0.2, 0.25) is 0 Å². The molecule has 0 spiro atoms. The van der Waals surface area contributed by atoms with Crippen LogP contribution in [0.4, 0.5) is 5.82 Å². The highest BCUT2D eigenvalue weighted by Crippen LogP contribution is 2.29. The Labute approximate surface area is 118 Å². The molecule has 1 aromatic heterocycles. The molecule has 1 N–H and O–H groups in total.